The number of carbonyl (C=O) groups excluding carboxylic acids is 2. The number of hydrogen-bond acceptors (Lipinski definition) is 8. The Labute approximate surface area is 148 Å². The third kappa shape index (κ3) is 3.58. The van der Waals surface area contributed by atoms with Gasteiger partial charge in [-0.1, -0.05) is 12.1 Å². The molecule has 0 bridgehead atoms. The maximum absolute atomic E-state index is 10.9. The fourth-order valence-corrected chi connectivity index (χ4v) is 2.71. The summed E-state index contributed by atoms with van der Waals surface area (Å²) in [7, 11) is 0. The van der Waals surface area contributed by atoms with Crippen LogP contribution in [0, 0.1) is 0 Å². The Hall–Kier alpha value is -3.16. The molecule has 8 heteroatoms. The number of rotatable bonds is 6. The Bertz CT molecular complexity index is 833. The number of hydrogen-bond donors (Lipinski definition) is 0. The van der Waals surface area contributed by atoms with E-state index >= 15 is 0 Å². The number of fused-ring (bicyclic) bond motifs is 1. The first kappa shape index (κ1) is 16.3. The molecule has 2 heterocycles. The van der Waals surface area contributed by atoms with E-state index in [0.717, 1.165) is 10.8 Å². The Balaban J connectivity index is 1.41. The van der Waals surface area contributed by atoms with Crippen molar-refractivity contribution in [2.75, 3.05) is 26.4 Å². The maximum atomic E-state index is 10.9. The number of cyclic esters (lactones) is 4. The van der Waals surface area contributed by atoms with Gasteiger partial charge in [0.2, 0.25) is 0 Å². The van der Waals surface area contributed by atoms with Gasteiger partial charge in [0.1, 0.15) is 37.9 Å². The minimum atomic E-state index is -0.670. The van der Waals surface area contributed by atoms with E-state index in [1.165, 1.54) is 0 Å². The fraction of sp³-hybridized carbons (Fsp3) is 0.333. The Morgan fingerprint density at radius 3 is 2.23 bits per heavy atom. The zero-order chi connectivity index (χ0) is 17.9. The van der Waals surface area contributed by atoms with Gasteiger partial charge in [-0.25, -0.2) is 9.59 Å². The summed E-state index contributed by atoms with van der Waals surface area (Å²) >= 11 is 0. The standard InChI is InChI=1S/C18H16O8/c19-17-23-9-13(25-17)7-21-12-4-5-15-11(6-12)2-1-3-16(15)22-8-14-10-24-18(20)26-14/h1-6,13-14H,7-10H2/t13?,14-/m0/s1. The smallest absolute Gasteiger partial charge is 0.490 e. The summed E-state index contributed by atoms with van der Waals surface area (Å²) in [4.78, 5) is 21.8. The van der Waals surface area contributed by atoms with Crippen LogP contribution in [0.25, 0.3) is 10.8 Å². The molecule has 2 saturated heterocycles. The van der Waals surface area contributed by atoms with Crippen LogP contribution < -0.4 is 9.47 Å². The van der Waals surface area contributed by atoms with Crippen molar-refractivity contribution in [2.45, 2.75) is 12.2 Å². The topological polar surface area (TPSA) is 89.5 Å². The molecular weight excluding hydrogens is 344 g/mol. The lowest BCUT2D eigenvalue weighted by atomic mass is 10.1. The van der Waals surface area contributed by atoms with Crippen LogP contribution in [-0.4, -0.2) is 50.9 Å². The quantitative estimate of drug-likeness (QED) is 0.727. The fourth-order valence-electron chi connectivity index (χ4n) is 2.71. The van der Waals surface area contributed by atoms with Crippen LogP contribution in [0.15, 0.2) is 36.4 Å². The van der Waals surface area contributed by atoms with E-state index in [9.17, 15) is 9.59 Å². The summed E-state index contributed by atoms with van der Waals surface area (Å²) in [6, 6.07) is 11.2. The highest BCUT2D eigenvalue weighted by Crippen LogP contribution is 2.29. The summed E-state index contributed by atoms with van der Waals surface area (Å²) in [6.45, 7) is 0.827. The van der Waals surface area contributed by atoms with Gasteiger partial charge in [-0.05, 0) is 29.7 Å². The van der Waals surface area contributed by atoms with E-state index in [0.29, 0.717) is 11.5 Å². The predicted octanol–water partition coefficient (Wildman–Crippen LogP) is 2.67. The molecule has 2 aliphatic heterocycles. The normalized spacial score (nSPS) is 21.7. The first-order valence-corrected chi connectivity index (χ1v) is 8.12. The molecule has 4 rings (SSSR count). The molecule has 136 valence electrons. The maximum Gasteiger partial charge on any atom is 0.508 e. The van der Waals surface area contributed by atoms with Gasteiger partial charge in [-0.15, -0.1) is 0 Å². The number of benzene rings is 2. The zero-order valence-electron chi connectivity index (χ0n) is 13.7. The average Bonchev–Trinajstić information content (AvgIpc) is 3.26. The van der Waals surface area contributed by atoms with Crippen LogP contribution in [0.3, 0.4) is 0 Å². The van der Waals surface area contributed by atoms with E-state index < -0.39 is 24.5 Å². The van der Waals surface area contributed by atoms with E-state index in [-0.39, 0.29) is 26.4 Å². The van der Waals surface area contributed by atoms with Crippen molar-refractivity contribution in [3.05, 3.63) is 36.4 Å². The molecule has 2 atom stereocenters. The van der Waals surface area contributed by atoms with Crippen molar-refractivity contribution in [3.63, 3.8) is 0 Å². The van der Waals surface area contributed by atoms with Crippen molar-refractivity contribution in [1.82, 2.24) is 0 Å². The average molecular weight is 360 g/mol. The van der Waals surface area contributed by atoms with Crippen molar-refractivity contribution >= 4 is 23.1 Å². The van der Waals surface area contributed by atoms with Gasteiger partial charge in [-0.3, -0.25) is 0 Å². The Morgan fingerprint density at radius 2 is 1.58 bits per heavy atom. The van der Waals surface area contributed by atoms with Crippen molar-refractivity contribution in [3.8, 4) is 11.5 Å². The molecule has 0 amide bonds. The van der Waals surface area contributed by atoms with E-state index in [2.05, 4.69) is 0 Å². The Morgan fingerprint density at radius 1 is 0.885 bits per heavy atom. The second-order valence-electron chi connectivity index (χ2n) is 5.86. The summed E-state index contributed by atoms with van der Waals surface area (Å²) < 4.78 is 30.8. The molecule has 26 heavy (non-hydrogen) atoms. The molecule has 2 aromatic rings. The van der Waals surface area contributed by atoms with Crippen LogP contribution in [0.2, 0.25) is 0 Å². The predicted molar refractivity (Wildman–Crippen MR) is 87.4 cm³/mol. The number of ether oxygens (including phenoxy) is 6. The number of carbonyl (C=O) groups is 2. The van der Waals surface area contributed by atoms with E-state index in [1.54, 1.807) is 0 Å². The highest BCUT2D eigenvalue weighted by atomic mass is 16.8. The molecule has 2 fully saturated rings. The summed E-state index contributed by atoms with van der Waals surface area (Å²) in [5.74, 6) is 1.32. The van der Waals surface area contributed by atoms with Crippen LogP contribution in [0.1, 0.15) is 0 Å². The molecule has 1 unspecified atom stereocenters. The molecule has 2 aliphatic rings. The van der Waals surface area contributed by atoms with Gasteiger partial charge in [-0.2, -0.15) is 0 Å². The summed E-state index contributed by atoms with van der Waals surface area (Å²) in [6.07, 6.45) is -2.14. The first-order chi connectivity index (χ1) is 12.7. The minimum Gasteiger partial charge on any atom is -0.490 e. The second kappa shape index (κ2) is 6.99. The third-order valence-corrected chi connectivity index (χ3v) is 3.97. The largest absolute Gasteiger partial charge is 0.508 e. The molecule has 0 aliphatic carbocycles. The SMILES string of the molecule is O=C1OCC(COc2ccc3c(OC[C@H]4COC(=O)O4)cccc3c2)O1. The Kier molecular flexibility index (Phi) is 4.39. The third-order valence-electron chi connectivity index (χ3n) is 3.97. The van der Waals surface area contributed by atoms with Gasteiger partial charge in [0.15, 0.2) is 12.2 Å². The summed E-state index contributed by atoms with van der Waals surface area (Å²) in [5, 5.41) is 1.83. The van der Waals surface area contributed by atoms with Gasteiger partial charge in [0.05, 0.1) is 0 Å². The van der Waals surface area contributed by atoms with Crippen molar-refractivity contribution in [1.29, 1.82) is 0 Å². The molecule has 0 spiro atoms. The summed E-state index contributed by atoms with van der Waals surface area (Å²) in [5.41, 5.74) is 0. The molecule has 0 radical (unpaired) electrons. The lowest BCUT2D eigenvalue weighted by Gasteiger charge is -2.13. The van der Waals surface area contributed by atoms with Gasteiger partial charge < -0.3 is 28.4 Å². The zero-order valence-corrected chi connectivity index (χ0v) is 13.7. The van der Waals surface area contributed by atoms with Crippen LogP contribution in [-0.2, 0) is 18.9 Å². The molecule has 0 aromatic heterocycles. The molecule has 2 aromatic carbocycles. The lowest BCUT2D eigenvalue weighted by molar-refractivity contribution is 0.0980. The van der Waals surface area contributed by atoms with E-state index in [4.69, 9.17) is 28.4 Å². The molecule has 8 nitrogen and oxygen atoms in total. The first-order valence-electron chi connectivity index (χ1n) is 8.12. The van der Waals surface area contributed by atoms with Crippen LogP contribution in [0.5, 0.6) is 11.5 Å². The second-order valence-corrected chi connectivity index (χ2v) is 5.86. The molecule has 0 saturated carbocycles. The van der Waals surface area contributed by atoms with Crippen LogP contribution in [0.4, 0.5) is 9.59 Å². The van der Waals surface area contributed by atoms with Crippen LogP contribution >= 0.6 is 0 Å². The monoisotopic (exact) mass is 360 g/mol. The van der Waals surface area contributed by atoms with Gasteiger partial charge in [0.25, 0.3) is 0 Å². The van der Waals surface area contributed by atoms with Crippen molar-refractivity contribution < 1.29 is 38.0 Å². The van der Waals surface area contributed by atoms with Crippen molar-refractivity contribution in [2.24, 2.45) is 0 Å². The van der Waals surface area contributed by atoms with E-state index in [1.807, 2.05) is 36.4 Å². The lowest BCUT2D eigenvalue weighted by Crippen LogP contribution is -2.20. The van der Waals surface area contributed by atoms with Gasteiger partial charge >= 0.3 is 12.3 Å². The highest BCUT2D eigenvalue weighted by Gasteiger charge is 2.26. The van der Waals surface area contributed by atoms with Gasteiger partial charge in [0, 0.05) is 5.39 Å². The highest BCUT2D eigenvalue weighted by molar-refractivity contribution is 5.89. The molecule has 0 N–H and O–H groups in total. The molecular formula is C18H16O8. The minimum absolute atomic E-state index is 0.192.